The van der Waals surface area contributed by atoms with E-state index in [2.05, 4.69) is 46.2 Å². The smallest absolute Gasteiger partial charge is 0.176 e. The van der Waals surface area contributed by atoms with Gasteiger partial charge in [-0.05, 0) is 55.1 Å². The number of methoxy groups -OCH3 is 1. The highest BCUT2D eigenvalue weighted by atomic mass is 16.5. The van der Waals surface area contributed by atoms with Gasteiger partial charge in [0.25, 0.3) is 0 Å². The number of nitrogens with zero attached hydrogens (tertiary/aromatic N) is 3. The molecule has 5 nitrogen and oxygen atoms in total. The number of likely N-dealkylation sites (N-methyl/N-ethyl adjacent to an activating group) is 1. The van der Waals surface area contributed by atoms with Crippen molar-refractivity contribution in [2.24, 2.45) is 0 Å². The maximum absolute atomic E-state index is 6.07. The van der Waals surface area contributed by atoms with Crippen LogP contribution >= 0.6 is 0 Å². The van der Waals surface area contributed by atoms with Gasteiger partial charge in [0, 0.05) is 54.7 Å². The lowest BCUT2D eigenvalue weighted by molar-refractivity contribution is 0.329. The molecular weight excluding hydrogens is 350 g/mol. The summed E-state index contributed by atoms with van der Waals surface area (Å²) in [4.78, 5) is 10.8. The number of hydrogen-bond acceptors (Lipinski definition) is 5. The van der Waals surface area contributed by atoms with Gasteiger partial charge in [0.15, 0.2) is 11.3 Å². The van der Waals surface area contributed by atoms with E-state index >= 15 is 0 Å². The quantitative estimate of drug-likeness (QED) is 0.475. The molecule has 0 unspecified atom stereocenters. The van der Waals surface area contributed by atoms with Crippen LogP contribution in [0.2, 0.25) is 0 Å². The molecule has 0 aliphatic rings. The van der Waals surface area contributed by atoms with E-state index in [0.29, 0.717) is 0 Å². The summed E-state index contributed by atoms with van der Waals surface area (Å²) in [7, 11) is 3.80. The first-order chi connectivity index (χ1) is 13.7. The molecule has 4 aromatic rings. The van der Waals surface area contributed by atoms with Gasteiger partial charge in [-0.3, -0.25) is 9.97 Å². The number of fused-ring (bicyclic) bond motifs is 1. The second kappa shape index (κ2) is 8.23. The molecule has 0 amide bonds. The molecule has 0 fully saturated rings. The molecule has 3 aromatic heterocycles. The van der Waals surface area contributed by atoms with Crippen LogP contribution in [-0.4, -0.2) is 35.6 Å². The summed E-state index contributed by atoms with van der Waals surface area (Å²) in [6.07, 6.45) is 6.30. The first kappa shape index (κ1) is 18.2. The number of rotatable bonds is 7. The first-order valence-electron chi connectivity index (χ1n) is 9.32. The number of ether oxygens (including phenoxy) is 1. The Bertz CT molecular complexity index is 1050. The highest BCUT2D eigenvalue weighted by molar-refractivity contribution is 5.88. The maximum atomic E-state index is 6.07. The van der Waals surface area contributed by atoms with Gasteiger partial charge in [0.2, 0.25) is 0 Å². The lowest BCUT2D eigenvalue weighted by atomic mass is 10.1. The second-order valence-corrected chi connectivity index (χ2v) is 6.87. The van der Waals surface area contributed by atoms with Crippen molar-refractivity contribution in [3.8, 4) is 17.1 Å². The van der Waals surface area contributed by atoms with Gasteiger partial charge in [-0.15, -0.1) is 0 Å². The molecule has 28 heavy (non-hydrogen) atoms. The molecule has 0 radical (unpaired) electrons. The van der Waals surface area contributed by atoms with Gasteiger partial charge in [0.05, 0.1) is 7.11 Å². The fraction of sp³-hybridized carbons (Fsp3) is 0.217. The number of furan rings is 1. The van der Waals surface area contributed by atoms with Gasteiger partial charge in [-0.25, -0.2) is 0 Å². The molecule has 3 heterocycles. The van der Waals surface area contributed by atoms with Crippen LogP contribution in [0, 0.1) is 0 Å². The summed E-state index contributed by atoms with van der Waals surface area (Å²) in [5, 5.41) is 1.04. The Morgan fingerprint density at radius 1 is 1.04 bits per heavy atom. The Kier molecular flexibility index (Phi) is 5.35. The number of pyridine rings is 2. The van der Waals surface area contributed by atoms with Crippen molar-refractivity contribution >= 4 is 11.0 Å². The van der Waals surface area contributed by atoms with Crippen LogP contribution in [0.4, 0.5) is 0 Å². The van der Waals surface area contributed by atoms with Crippen molar-refractivity contribution in [3.05, 3.63) is 78.4 Å². The molecule has 5 heteroatoms. The van der Waals surface area contributed by atoms with E-state index in [1.165, 1.54) is 5.56 Å². The Hall–Kier alpha value is -3.18. The highest BCUT2D eigenvalue weighted by Gasteiger charge is 2.13. The van der Waals surface area contributed by atoms with Crippen molar-refractivity contribution in [2.75, 3.05) is 20.7 Å². The lowest BCUT2D eigenvalue weighted by Gasteiger charge is -2.17. The Labute approximate surface area is 164 Å². The number of benzene rings is 1. The fourth-order valence-corrected chi connectivity index (χ4v) is 3.32. The summed E-state index contributed by atoms with van der Waals surface area (Å²) in [5.41, 5.74) is 4.07. The van der Waals surface area contributed by atoms with Gasteiger partial charge >= 0.3 is 0 Å². The summed E-state index contributed by atoms with van der Waals surface area (Å²) in [5.74, 6) is 1.57. The largest absolute Gasteiger partial charge is 0.493 e. The van der Waals surface area contributed by atoms with Gasteiger partial charge in [-0.2, -0.15) is 0 Å². The van der Waals surface area contributed by atoms with Gasteiger partial charge < -0.3 is 14.1 Å². The summed E-state index contributed by atoms with van der Waals surface area (Å²) in [6.45, 7) is 1.76. The zero-order valence-corrected chi connectivity index (χ0v) is 16.1. The predicted octanol–water partition coefficient (Wildman–Crippen LogP) is 4.57. The SMILES string of the molecule is COc1cc(CN(C)CCc2ccccn2)cc2cc(-c3ccncc3)oc12. The number of aromatic nitrogens is 2. The average molecular weight is 373 g/mol. The molecule has 0 N–H and O–H groups in total. The van der Waals surface area contributed by atoms with E-state index in [-0.39, 0.29) is 0 Å². The van der Waals surface area contributed by atoms with Crippen molar-refractivity contribution in [3.63, 3.8) is 0 Å². The third kappa shape index (κ3) is 4.05. The Morgan fingerprint density at radius 3 is 2.64 bits per heavy atom. The summed E-state index contributed by atoms with van der Waals surface area (Å²) < 4.78 is 11.7. The van der Waals surface area contributed by atoms with Crippen LogP contribution in [-0.2, 0) is 13.0 Å². The van der Waals surface area contributed by atoms with Crippen LogP contribution in [0.5, 0.6) is 5.75 Å². The van der Waals surface area contributed by atoms with Crippen molar-refractivity contribution in [2.45, 2.75) is 13.0 Å². The molecule has 0 bridgehead atoms. The lowest BCUT2D eigenvalue weighted by Crippen LogP contribution is -2.21. The molecule has 0 atom stereocenters. The standard InChI is InChI=1S/C23H23N3O2/c1-26(12-8-20-5-3-4-9-25-20)16-17-13-19-15-21(18-6-10-24-11-7-18)28-23(19)22(14-17)27-2/h3-7,9-11,13-15H,8,12,16H2,1-2H3. The molecule has 0 saturated heterocycles. The van der Waals surface area contributed by atoms with Crippen LogP contribution in [0.25, 0.3) is 22.3 Å². The third-order valence-electron chi connectivity index (χ3n) is 4.76. The molecule has 4 rings (SSSR count). The normalized spacial score (nSPS) is 11.2. The zero-order valence-electron chi connectivity index (χ0n) is 16.1. The van der Waals surface area contributed by atoms with E-state index < -0.39 is 0 Å². The van der Waals surface area contributed by atoms with Crippen LogP contribution in [0.15, 0.2) is 71.5 Å². The number of hydrogen-bond donors (Lipinski definition) is 0. The molecule has 0 aliphatic carbocycles. The van der Waals surface area contributed by atoms with E-state index in [4.69, 9.17) is 9.15 Å². The maximum Gasteiger partial charge on any atom is 0.176 e. The minimum absolute atomic E-state index is 0.755. The van der Waals surface area contributed by atoms with Crippen molar-refractivity contribution < 1.29 is 9.15 Å². The van der Waals surface area contributed by atoms with E-state index in [1.807, 2.05) is 30.5 Å². The topological polar surface area (TPSA) is 51.4 Å². The molecule has 0 aliphatic heterocycles. The van der Waals surface area contributed by atoms with E-state index in [9.17, 15) is 0 Å². The van der Waals surface area contributed by atoms with Gasteiger partial charge in [-0.1, -0.05) is 6.07 Å². The van der Waals surface area contributed by atoms with Gasteiger partial charge in [0.1, 0.15) is 5.76 Å². The van der Waals surface area contributed by atoms with Crippen LogP contribution < -0.4 is 4.74 Å². The fourth-order valence-electron chi connectivity index (χ4n) is 3.32. The van der Waals surface area contributed by atoms with Crippen molar-refractivity contribution in [1.82, 2.24) is 14.9 Å². The van der Waals surface area contributed by atoms with Crippen LogP contribution in [0.1, 0.15) is 11.3 Å². The monoisotopic (exact) mass is 373 g/mol. The minimum atomic E-state index is 0.755. The van der Waals surface area contributed by atoms with Crippen molar-refractivity contribution in [1.29, 1.82) is 0 Å². The molecule has 1 aromatic carbocycles. The molecule has 0 saturated carbocycles. The average Bonchev–Trinajstić information content (AvgIpc) is 3.17. The third-order valence-corrected chi connectivity index (χ3v) is 4.76. The zero-order chi connectivity index (χ0) is 19.3. The molecular formula is C23H23N3O2. The first-order valence-corrected chi connectivity index (χ1v) is 9.32. The molecule has 0 spiro atoms. The predicted molar refractivity (Wildman–Crippen MR) is 110 cm³/mol. The van der Waals surface area contributed by atoms with Crippen LogP contribution in [0.3, 0.4) is 0 Å². The summed E-state index contributed by atoms with van der Waals surface area (Å²) >= 11 is 0. The highest BCUT2D eigenvalue weighted by Crippen LogP contribution is 2.34. The Morgan fingerprint density at radius 2 is 1.89 bits per heavy atom. The van der Waals surface area contributed by atoms with E-state index in [0.717, 1.165) is 53.2 Å². The summed E-state index contributed by atoms with van der Waals surface area (Å²) in [6, 6.07) is 16.2. The van der Waals surface area contributed by atoms with E-state index in [1.54, 1.807) is 19.5 Å². The minimum Gasteiger partial charge on any atom is -0.493 e. The molecule has 142 valence electrons. The Balaban J connectivity index is 1.54. The second-order valence-electron chi connectivity index (χ2n) is 6.87.